The molecular weight excluding hydrogens is 252 g/mol. The average molecular weight is 269 g/mol. The van der Waals surface area contributed by atoms with E-state index in [2.05, 4.69) is 4.98 Å². The van der Waals surface area contributed by atoms with Crippen LogP contribution in [0.25, 0.3) is 0 Å². The first-order valence-electron chi connectivity index (χ1n) is 6.16. The van der Waals surface area contributed by atoms with Crippen LogP contribution in [0.4, 0.5) is 0 Å². The van der Waals surface area contributed by atoms with Crippen molar-refractivity contribution in [1.82, 2.24) is 9.88 Å². The van der Waals surface area contributed by atoms with Crippen molar-refractivity contribution in [2.45, 2.75) is 31.2 Å². The molecule has 0 bridgehead atoms. The molecule has 4 nitrogen and oxygen atoms in total. The summed E-state index contributed by atoms with van der Waals surface area (Å²) in [6, 6.07) is 3.74. The molecule has 5 heteroatoms. The first kappa shape index (κ1) is 13.1. The van der Waals surface area contributed by atoms with Gasteiger partial charge in [0.05, 0.1) is 6.20 Å². The average Bonchev–Trinajstić information content (AvgIpc) is 2.40. The molecule has 1 fully saturated rings. The molecule has 0 radical (unpaired) electrons. The highest BCUT2D eigenvalue weighted by Crippen LogP contribution is 2.18. The second-order valence-electron chi connectivity index (χ2n) is 4.45. The van der Waals surface area contributed by atoms with Gasteiger partial charge in [-0.05, 0) is 19.1 Å². The van der Waals surface area contributed by atoms with Crippen molar-refractivity contribution in [3.05, 3.63) is 24.5 Å². The Morgan fingerprint density at radius 3 is 2.83 bits per heavy atom. The fraction of sp³-hybridized carbons (Fsp3) is 0.538. The highest BCUT2D eigenvalue weighted by Gasteiger charge is 2.25. The fourth-order valence-electron chi connectivity index (χ4n) is 2.05. The third-order valence-corrected chi connectivity index (χ3v) is 3.22. The third kappa shape index (κ3) is 3.35. The molecule has 2 heterocycles. The largest absolute Gasteiger partial charge is 0.489 e. The Labute approximate surface area is 112 Å². The molecule has 1 unspecified atom stereocenters. The molecule has 0 aromatic carbocycles. The van der Waals surface area contributed by atoms with E-state index in [1.165, 1.54) is 0 Å². The van der Waals surface area contributed by atoms with Crippen LogP contribution in [-0.4, -0.2) is 40.4 Å². The normalized spacial score (nSPS) is 18.4. The summed E-state index contributed by atoms with van der Waals surface area (Å²) in [5.74, 6) is 0.796. The molecule has 1 atom stereocenters. The van der Waals surface area contributed by atoms with Gasteiger partial charge in [-0.25, -0.2) is 0 Å². The maximum atomic E-state index is 11.7. The van der Waals surface area contributed by atoms with Gasteiger partial charge in [0.25, 0.3) is 0 Å². The van der Waals surface area contributed by atoms with Gasteiger partial charge in [-0.2, -0.15) is 0 Å². The minimum absolute atomic E-state index is 0.0106. The number of likely N-dealkylation sites (tertiary alicyclic amines) is 1. The number of piperidine rings is 1. The number of ether oxygens (including phenoxy) is 1. The van der Waals surface area contributed by atoms with E-state index in [1.54, 1.807) is 24.2 Å². The van der Waals surface area contributed by atoms with Crippen LogP contribution in [0.2, 0.25) is 0 Å². The van der Waals surface area contributed by atoms with Gasteiger partial charge in [0.1, 0.15) is 17.2 Å². The molecule has 0 aliphatic carbocycles. The summed E-state index contributed by atoms with van der Waals surface area (Å²) in [7, 11) is 0. The number of aromatic nitrogens is 1. The Hall–Kier alpha value is -1.29. The molecule has 1 amide bonds. The van der Waals surface area contributed by atoms with Gasteiger partial charge in [0, 0.05) is 32.1 Å². The van der Waals surface area contributed by atoms with Gasteiger partial charge < -0.3 is 9.64 Å². The zero-order chi connectivity index (χ0) is 13.0. The summed E-state index contributed by atoms with van der Waals surface area (Å²) in [5, 5.41) is -0.444. The zero-order valence-electron chi connectivity index (χ0n) is 10.4. The topological polar surface area (TPSA) is 42.4 Å². The number of nitrogens with zero attached hydrogens (tertiary/aromatic N) is 2. The minimum Gasteiger partial charge on any atom is -0.489 e. The Bertz CT molecular complexity index is 389. The van der Waals surface area contributed by atoms with Crippen molar-refractivity contribution >= 4 is 17.5 Å². The molecule has 98 valence electrons. The summed E-state index contributed by atoms with van der Waals surface area (Å²) < 4.78 is 5.81. The molecule has 1 aromatic heterocycles. The standard InChI is InChI=1S/C13H17ClN2O2/c1-10(14)13(17)16-7-4-11(5-8-16)18-12-3-2-6-15-9-12/h2-3,6,9-11H,4-5,7-8H2,1H3. The number of rotatable bonds is 3. The molecule has 1 aromatic rings. The molecule has 2 rings (SSSR count). The summed E-state index contributed by atoms with van der Waals surface area (Å²) in [6.07, 6.45) is 5.26. The second-order valence-corrected chi connectivity index (χ2v) is 5.10. The van der Waals surface area contributed by atoms with Crippen LogP contribution in [0.5, 0.6) is 5.75 Å². The molecule has 1 aliphatic rings. The lowest BCUT2D eigenvalue weighted by molar-refractivity contribution is -0.132. The first-order valence-corrected chi connectivity index (χ1v) is 6.60. The third-order valence-electron chi connectivity index (χ3n) is 3.03. The number of carbonyl (C=O) groups excluding carboxylic acids is 1. The zero-order valence-corrected chi connectivity index (χ0v) is 11.1. The fourth-order valence-corrected chi connectivity index (χ4v) is 2.19. The van der Waals surface area contributed by atoms with Crippen molar-refractivity contribution in [3.8, 4) is 5.75 Å². The van der Waals surface area contributed by atoms with Crippen molar-refractivity contribution in [2.24, 2.45) is 0 Å². The van der Waals surface area contributed by atoms with Gasteiger partial charge in [0.2, 0.25) is 5.91 Å². The van der Waals surface area contributed by atoms with Crippen molar-refractivity contribution in [1.29, 1.82) is 0 Å². The monoisotopic (exact) mass is 268 g/mol. The smallest absolute Gasteiger partial charge is 0.240 e. The SMILES string of the molecule is CC(Cl)C(=O)N1CCC(Oc2cccnc2)CC1. The lowest BCUT2D eigenvalue weighted by atomic mass is 10.1. The van der Waals surface area contributed by atoms with Gasteiger partial charge in [-0.15, -0.1) is 11.6 Å². The molecule has 0 saturated carbocycles. The number of pyridine rings is 1. The maximum absolute atomic E-state index is 11.7. The van der Waals surface area contributed by atoms with E-state index in [-0.39, 0.29) is 12.0 Å². The molecule has 18 heavy (non-hydrogen) atoms. The van der Waals surface area contributed by atoms with Crippen LogP contribution < -0.4 is 4.74 Å². The van der Waals surface area contributed by atoms with E-state index in [0.717, 1.165) is 18.6 Å². The maximum Gasteiger partial charge on any atom is 0.240 e. The minimum atomic E-state index is -0.444. The Morgan fingerprint density at radius 2 is 2.28 bits per heavy atom. The second kappa shape index (κ2) is 6.05. The number of carbonyl (C=O) groups is 1. The van der Waals surface area contributed by atoms with E-state index >= 15 is 0 Å². The molecule has 1 saturated heterocycles. The predicted octanol–water partition coefficient (Wildman–Crippen LogP) is 2.08. The number of amides is 1. The van der Waals surface area contributed by atoms with Gasteiger partial charge in [0.15, 0.2) is 0 Å². The van der Waals surface area contributed by atoms with Crippen LogP contribution in [0, 0.1) is 0 Å². The Kier molecular flexibility index (Phi) is 4.42. The van der Waals surface area contributed by atoms with Gasteiger partial charge >= 0.3 is 0 Å². The van der Waals surface area contributed by atoms with Crippen molar-refractivity contribution < 1.29 is 9.53 Å². The van der Waals surface area contributed by atoms with E-state index in [9.17, 15) is 4.79 Å². The molecular formula is C13H17ClN2O2. The number of hydrogen-bond donors (Lipinski definition) is 0. The van der Waals surface area contributed by atoms with Gasteiger partial charge in [-0.1, -0.05) is 0 Å². The molecule has 0 N–H and O–H groups in total. The lowest BCUT2D eigenvalue weighted by Crippen LogP contribution is -2.44. The number of hydrogen-bond acceptors (Lipinski definition) is 3. The molecule has 0 spiro atoms. The Balaban J connectivity index is 1.82. The highest BCUT2D eigenvalue weighted by atomic mass is 35.5. The van der Waals surface area contributed by atoms with Crippen LogP contribution in [-0.2, 0) is 4.79 Å². The summed E-state index contributed by atoms with van der Waals surface area (Å²) in [4.78, 5) is 17.5. The van der Waals surface area contributed by atoms with Crippen molar-refractivity contribution in [3.63, 3.8) is 0 Å². The van der Waals surface area contributed by atoms with E-state index in [4.69, 9.17) is 16.3 Å². The van der Waals surface area contributed by atoms with Crippen molar-refractivity contribution in [2.75, 3.05) is 13.1 Å². The van der Waals surface area contributed by atoms with E-state index < -0.39 is 5.38 Å². The van der Waals surface area contributed by atoms with Crippen LogP contribution in [0.15, 0.2) is 24.5 Å². The van der Waals surface area contributed by atoms with Crippen LogP contribution >= 0.6 is 11.6 Å². The Morgan fingerprint density at radius 1 is 1.56 bits per heavy atom. The quantitative estimate of drug-likeness (QED) is 0.789. The predicted molar refractivity (Wildman–Crippen MR) is 69.8 cm³/mol. The number of alkyl halides is 1. The summed E-state index contributed by atoms with van der Waals surface area (Å²) in [5.41, 5.74) is 0. The summed E-state index contributed by atoms with van der Waals surface area (Å²) in [6.45, 7) is 3.13. The first-order chi connectivity index (χ1) is 8.66. The molecule has 1 aliphatic heterocycles. The van der Waals surface area contributed by atoms with Gasteiger partial charge in [-0.3, -0.25) is 9.78 Å². The van der Waals surface area contributed by atoms with Crippen LogP contribution in [0.3, 0.4) is 0 Å². The van der Waals surface area contributed by atoms with Crippen LogP contribution in [0.1, 0.15) is 19.8 Å². The number of halogens is 1. The lowest BCUT2D eigenvalue weighted by Gasteiger charge is -2.32. The summed E-state index contributed by atoms with van der Waals surface area (Å²) >= 11 is 5.80. The van der Waals surface area contributed by atoms with E-state index in [0.29, 0.717) is 13.1 Å². The van der Waals surface area contributed by atoms with E-state index in [1.807, 2.05) is 12.1 Å². The highest BCUT2D eigenvalue weighted by molar-refractivity contribution is 6.30.